The molecule has 0 radical (unpaired) electrons. The van der Waals surface area contributed by atoms with E-state index in [0.717, 1.165) is 16.1 Å². The first kappa shape index (κ1) is 24.7. The second-order valence-electron chi connectivity index (χ2n) is 8.17. The van der Waals surface area contributed by atoms with Crippen LogP contribution in [0.5, 0.6) is 0 Å². The summed E-state index contributed by atoms with van der Waals surface area (Å²) in [5, 5.41) is 6.39. The Labute approximate surface area is 213 Å². The number of esters is 2. The first-order chi connectivity index (χ1) is 16.8. The molecule has 0 amide bonds. The molecule has 4 rings (SSSR count). The van der Waals surface area contributed by atoms with E-state index >= 15 is 0 Å². The minimum Gasteiger partial charge on any atom is -0.466 e. The lowest BCUT2D eigenvalue weighted by molar-refractivity contribution is -0.144. The minimum atomic E-state index is -0.739. The number of carbonyl (C=O) groups is 2. The number of aromatic nitrogens is 1. The molecule has 3 aromatic rings. The molecule has 0 aliphatic carbocycles. The van der Waals surface area contributed by atoms with Crippen LogP contribution in [0, 0.1) is 0 Å². The fourth-order valence-electron chi connectivity index (χ4n) is 4.10. The van der Waals surface area contributed by atoms with Crippen molar-refractivity contribution in [2.24, 2.45) is 0 Å². The van der Waals surface area contributed by atoms with Crippen LogP contribution in [0.2, 0.25) is 5.02 Å². The molecule has 2 aromatic carbocycles. The molecular formula is C27H25ClN2O4S. The standard InChI is InChI=1S/C27H25ClN2O4S/c1-15-22(26(31)33-4)24(21-14-35-25(30-21)19-10-12-20(28)13-11-19)23(16(2)29-15)27(32)34-17(3)18-8-6-5-7-9-18/h5-14,17,24,29H,1-4H3. The van der Waals surface area contributed by atoms with Gasteiger partial charge in [-0.2, -0.15) is 0 Å². The Kier molecular flexibility index (Phi) is 7.38. The highest BCUT2D eigenvalue weighted by Gasteiger charge is 2.39. The van der Waals surface area contributed by atoms with Crippen molar-refractivity contribution < 1.29 is 19.1 Å². The number of nitrogens with zero attached hydrogens (tertiary/aromatic N) is 1. The number of carbonyl (C=O) groups excluding carboxylic acids is 2. The van der Waals surface area contributed by atoms with Crippen molar-refractivity contribution in [1.82, 2.24) is 10.3 Å². The summed E-state index contributed by atoms with van der Waals surface area (Å²) in [7, 11) is 1.32. The van der Waals surface area contributed by atoms with Crippen molar-refractivity contribution >= 4 is 34.9 Å². The molecule has 0 fully saturated rings. The molecule has 180 valence electrons. The van der Waals surface area contributed by atoms with Crippen LogP contribution in [-0.2, 0) is 19.1 Å². The second kappa shape index (κ2) is 10.5. The molecule has 8 heteroatoms. The molecule has 0 saturated heterocycles. The molecule has 6 nitrogen and oxygen atoms in total. The Balaban J connectivity index is 1.74. The van der Waals surface area contributed by atoms with E-state index in [9.17, 15) is 9.59 Å². The Morgan fingerprint density at radius 2 is 1.63 bits per heavy atom. The van der Waals surface area contributed by atoms with Gasteiger partial charge in [-0.25, -0.2) is 14.6 Å². The van der Waals surface area contributed by atoms with Gasteiger partial charge in [-0.05, 0) is 38.5 Å². The summed E-state index contributed by atoms with van der Waals surface area (Å²) < 4.78 is 10.9. The molecule has 1 aliphatic heterocycles. The Morgan fingerprint density at radius 1 is 1.00 bits per heavy atom. The van der Waals surface area contributed by atoms with Crippen LogP contribution >= 0.6 is 22.9 Å². The topological polar surface area (TPSA) is 77.5 Å². The summed E-state index contributed by atoms with van der Waals surface area (Å²) in [6.45, 7) is 5.39. The fourth-order valence-corrected chi connectivity index (χ4v) is 5.08. The predicted octanol–water partition coefficient (Wildman–Crippen LogP) is 6.18. The minimum absolute atomic E-state index is 0.324. The van der Waals surface area contributed by atoms with E-state index in [4.69, 9.17) is 26.1 Å². The zero-order chi connectivity index (χ0) is 25.1. The first-order valence-electron chi connectivity index (χ1n) is 11.0. The van der Waals surface area contributed by atoms with Crippen molar-refractivity contribution in [3.63, 3.8) is 0 Å². The number of dihydropyridines is 1. The summed E-state index contributed by atoms with van der Waals surface area (Å²) in [4.78, 5) is 31.2. The van der Waals surface area contributed by atoms with Crippen molar-refractivity contribution in [2.75, 3.05) is 7.11 Å². The Hall–Kier alpha value is -3.42. The lowest BCUT2D eigenvalue weighted by atomic mass is 9.83. The van der Waals surface area contributed by atoms with Crippen LogP contribution in [0.1, 0.15) is 44.1 Å². The molecule has 1 N–H and O–H groups in total. The van der Waals surface area contributed by atoms with Gasteiger partial charge in [0, 0.05) is 27.4 Å². The van der Waals surface area contributed by atoms with Crippen molar-refractivity contribution in [3.05, 3.63) is 98.8 Å². The number of rotatable bonds is 6. The molecule has 1 aliphatic rings. The average Bonchev–Trinajstić information content (AvgIpc) is 3.34. The smallest absolute Gasteiger partial charge is 0.337 e. The molecule has 0 saturated carbocycles. The number of allylic oxidation sites excluding steroid dienone is 2. The third-order valence-corrected chi connectivity index (χ3v) is 7.01. The van der Waals surface area contributed by atoms with Gasteiger partial charge < -0.3 is 14.8 Å². The van der Waals surface area contributed by atoms with Crippen LogP contribution in [-0.4, -0.2) is 24.0 Å². The van der Waals surface area contributed by atoms with Gasteiger partial charge in [0.1, 0.15) is 11.1 Å². The number of methoxy groups -OCH3 is 1. The van der Waals surface area contributed by atoms with E-state index in [-0.39, 0.29) is 0 Å². The normalized spacial score (nSPS) is 16.5. The van der Waals surface area contributed by atoms with Gasteiger partial charge in [0.05, 0.1) is 29.9 Å². The zero-order valence-electron chi connectivity index (χ0n) is 19.8. The molecule has 2 atom stereocenters. The lowest BCUT2D eigenvalue weighted by Gasteiger charge is -2.29. The first-order valence-corrected chi connectivity index (χ1v) is 12.3. The van der Waals surface area contributed by atoms with Gasteiger partial charge in [0.2, 0.25) is 0 Å². The summed E-state index contributed by atoms with van der Waals surface area (Å²) in [5.41, 5.74) is 4.19. The Morgan fingerprint density at radius 3 is 2.26 bits per heavy atom. The highest BCUT2D eigenvalue weighted by Crippen LogP contribution is 2.41. The monoisotopic (exact) mass is 508 g/mol. The SMILES string of the molecule is COC(=O)C1=C(C)NC(C)=C(C(=O)OC(C)c2ccccc2)C1c1csc(-c2ccc(Cl)cc2)n1. The number of ether oxygens (including phenoxy) is 2. The summed E-state index contributed by atoms with van der Waals surface area (Å²) in [6.07, 6.45) is -0.474. The number of hydrogen-bond donors (Lipinski definition) is 1. The van der Waals surface area contributed by atoms with E-state index < -0.39 is 24.0 Å². The number of thiazole rings is 1. The van der Waals surface area contributed by atoms with Crippen molar-refractivity contribution in [3.8, 4) is 10.6 Å². The molecule has 0 spiro atoms. The van der Waals surface area contributed by atoms with E-state index in [1.54, 1.807) is 26.0 Å². The second-order valence-corrected chi connectivity index (χ2v) is 9.46. The van der Waals surface area contributed by atoms with Gasteiger partial charge in [0.15, 0.2) is 0 Å². The summed E-state index contributed by atoms with van der Waals surface area (Å²) >= 11 is 7.46. The molecule has 1 aromatic heterocycles. The van der Waals surface area contributed by atoms with Crippen LogP contribution in [0.15, 0.2) is 82.5 Å². The van der Waals surface area contributed by atoms with Crippen molar-refractivity contribution in [1.29, 1.82) is 0 Å². The lowest BCUT2D eigenvalue weighted by Crippen LogP contribution is -2.32. The van der Waals surface area contributed by atoms with E-state index in [1.165, 1.54) is 18.4 Å². The Bertz CT molecular complexity index is 1310. The van der Waals surface area contributed by atoms with Gasteiger partial charge >= 0.3 is 11.9 Å². The van der Waals surface area contributed by atoms with Gasteiger partial charge in [-0.1, -0.05) is 54.1 Å². The largest absolute Gasteiger partial charge is 0.466 e. The highest BCUT2D eigenvalue weighted by molar-refractivity contribution is 7.13. The highest BCUT2D eigenvalue weighted by atomic mass is 35.5. The van der Waals surface area contributed by atoms with E-state index in [0.29, 0.717) is 33.3 Å². The maximum Gasteiger partial charge on any atom is 0.337 e. The quantitative estimate of drug-likeness (QED) is 0.401. The predicted molar refractivity (Wildman–Crippen MR) is 137 cm³/mol. The van der Waals surface area contributed by atoms with Crippen LogP contribution in [0.3, 0.4) is 0 Å². The van der Waals surface area contributed by atoms with Gasteiger partial charge in [0.25, 0.3) is 0 Å². The summed E-state index contributed by atoms with van der Waals surface area (Å²) in [5.74, 6) is -1.79. The molecule has 35 heavy (non-hydrogen) atoms. The zero-order valence-corrected chi connectivity index (χ0v) is 21.4. The van der Waals surface area contributed by atoms with Crippen LogP contribution < -0.4 is 5.32 Å². The third kappa shape index (κ3) is 5.16. The third-order valence-electron chi connectivity index (χ3n) is 5.85. The van der Waals surface area contributed by atoms with Crippen LogP contribution in [0.25, 0.3) is 10.6 Å². The van der Waals surface area contributed by atoms with E-state index in [2.05, 4.69) is 5.32 Å². The number of nitrogens with one attached hydrogen (secondary N) is 1. The number of benzene rings is 2. The molecule has 2 unspecified atom stereocenters. The summed E-state index contributed by atoms with van der Waals surface area (Å²) in [6, 6.07) is 16.9. The molecule has 0 bridgehead atoms. The fraction of sp³-hybridized carbons (Fsp3) is 0.222. The van der Waals surface area contributed by atoms with Gasteiger partial charge in [-0.15, -0.1) is 11.3 Å². The van der Waals surface area contributed by atoms with Crippen LogP contribution in [0.4, 0.5) is 0 Å². The molecular weight excluding hydrogens is 484 g/mol. The average molecular weight is 509 g/mol. The maximum absolute atomic E-state index is 13.5. The van der Waals surface area contributed by atoms with Gasteiger partial charge in [-0.3, -0.25) is 0 Å². The molecule has 2 heterocycles. The number of halogens is 1. The van der Waals surface area contributed by atoms with Crippen molar-refractivity contribution in [2.45, 2.75) is 32.8 Å². The van der Waals surface area contributed by atoms with E-state index in [1.807, 2.05) is 54.8 Å². The number of hydrogen-bond acceptors (Lipinski definition) is 7. The maximum atomic E-state index is 13.5.